The van der Waals surface area contributed by atoms with Gasteiger partial charge in [-0.1, -0.05) is 17.7 Å². The van der Waals surface area contributed by atoms with Crippen LogP contribution in [0.3, 0.4) is 0 Å². The Hall–Kier alpha value is -2.89. The van der Waals surface area contributed by atoms with Crippen LogP contribution < -0.4 is 4.74 Å². The molecule has 0 radical (unpaired) electrons. The summed E-state index contributed by atoms with van der Waals surface area (Å²) in [6.45, 7) is 3.94. The van der Waals surface area contributed by atoms with Crippen molar-refractivity contribution in [2.24, 2.45) is 5.92 Å². The van der Waals surface area contributed by atoms with Crippen LogP contribution in [0.4, 0.5) is 0 Å². The van der Waals surface area contributed by atoms with Crippen LogP contribution in [-0.4, -0.2) is 59.9 Å². The lowest BCUT2D eigenvalue weighted by Crippen LogP contribution is -2.45. The van der Waals surface area contributed by atoms with E-state index in [9.17, 15) is 9.59 Å². The maximum atomic E-state index is 12.7. The number of amides is 2. The number of aromatic nitrogens is 1. The van der Waals surface area contributed by atoms with Gasteiger partial charge in [0.05, 0.1) is 0 Å². The summed E-state index contributed by atoms with van der Waals surface area (Å²) in [5.41, 5.74) is 2.33. The number of carbonyl (C=O) groups is 2. The smallest absolute Gasteiger partial charge is 0.260 e. The van der Waals surface area contributed by atoms with E-state index in [2.05, 4.69) is 4.98 Å². The Morgan fingerprint density at radius 1 is 1.10 bits per heavy atom. The number of hydrogen-bond acceptors (Lipinski definition) is 4. The molecular weight excluding hydrogens is 366 g/mol. The molecule has 154 valence electrons. The number of nitrogens with zero attached hydrogens (tertiary/aromatic N) is 3. The molecule has 3 rings (SSSR count). The number of likely N-dealkylation sites (tertiary alicyclic amines) is 1. The van der Waals surface area contributed by atoms with Crippen molar-refractivity contribution < 1.29 is 14.3 Å². The van der Waals surface area contributed by atoms with Crippen LogP contribution in [0.1, 0.15) is 24.0 Å². The van der Waals surface area contributed by atoms with E-state index in [4.69, 9.17) is 4.74 Å². The minimum atomic E-state index is -0.0254. The summed E-state index contributed by atoms with van der Waals surface area (Å²) in [5, 5.41) is 0. The first-order valence-corrected chi connectivity index (χ1v) is 10.1. The molecule has 6 heteroatoms. The molecular formula is C23H29N3O3. The molecule has 1 fully saturated rings. The number of likely N-dealkylation sites (N-methyl/N-ethyl adjacent to an activating group) is 1. The maximum Gasteiger partial charge on any atom is 0.260 e. The second-order valence-corrected chi connectivity index (χ2v) is 7.62. The lowest BCUT2D eigenvalue weighted by molar-refractivity contribution is -0.140. The molecule has 1 aliphatic rings. The summed E-state index contributed by atoms with van der Waals surface area (Å²) in [7, 11) is 1.86. The largest absolute Gasteiger partial charge is 0.484 e. The van der Waals surface area contributed by atoms with E-state index >= 15 is 0 Å². The van der Waals surface area contributed by atoms with Crippen molar-refractivity contribution in [3.05, 3.63) is 59.9 Å². The minimum absolute atomic E-state index is 0.0143. The van der Waals surface area contributed by atoms with Crippen molar-refractivity contribution in [2.75, 3.05) is 33.3 Å². The molecule has 0 saturated carbocycles. The second-order valence-electron chi connectivity index (χ2n) is 7.62. The van der Waals surface area contributed by atoms with Gasteiger partial charge in [-0.2, -0.15) is 0 Å². The fourth-order valence-corrected chi connectivity index (χ4v) is 3.51. The Kier molecular flexibility index (Phi) is 7.22. The van der Waals surface area contributed by atoms with E-state index in [0.717, 1.165) is 12.0 Å². The van der Waals surface area contributed by atoms with Gasteiger partial charge in [-0.3, -0.25) is 14.6 Å². The Bertz CT molecular complexity index is 800. The van der Waals surface area contributed by atoms with Crippen LogP contribution in [-0.2, 0) is 16.0 Å². The van der Waals surface area contributed by atoms with Crippen molar-refractivity contribution in [1.82, 2.24) is 14.8 Å². The number of aryl methyl sites for hydroxylation is 1. The minimum Gasteiger partial charge on any atom is -0.484 e. The van der Waals surface area contributed by atoms with Gasteiger partial charge >= 0.3 is 0 Å². The summed E-state index contributed by atoms with van der Waals surface area (Å²) < 4.78 is 5.59. The van der Waals surface area contributed by atoms with Gasteiger partial charge < -0.3 is 14.5 Å². The predicted octanol–water partition coefficient (Wildman–Crippen LogP) is 2.71. The molecule has 0 N–H and O–H groups in total. The molecule has 0 aliphatic carbocycles. The van der Waals surface area contributed by atoms with Gasteiger partial charge in [0.1, 0.15) is 5.75 Å². The monoisotopic (exact) mass is 395 g/mol. The highest BCUT2D eigenvalue weighted by Gasteiger charge is 2.29. The summed E-state index contributed by atoms with van der Waals surface area (Å²) in [6, 6.07) is 11.6. The molecule has 1 aromatic carbocycles. The predicted molar refractivity (Wildman–Crippen MR) is 112 cm³/mol. The van der Waals surface area contributed by atoms with Crippen molar-refractivity contribution in [3.63, 3.8) is 0 Å². The standard InChI is InChI=1S/C23H29N3O3/c1-18-3-5-21(6-4-18)29-17-22(27)26-15-10-20(11-16-26)23(28)25(2)14-9-19-7-12-24-13-8-19/h3-8,12-13,20H,9-11,14-17H2,1-2H3. The molecule has 6 nitrogen and oxygen atoms in total. The van der Waals surface area contributed by atoms with E-state index in [1.165, 1.54) is 5.56 Å². The highest BCUT2D eigenvalue weighted by Crippen LogP contribution is 2.20. The first-order valence-electron chi connectivity index (χ1n) is 10.1. The van der Waals surface area contributed by atoms with Crippen molar-refractivity contribution in [2.45, 2.75) is 26.2 Å². The number of carbonyl (C=O) groups excluding carboxylic acids is 2. The molecule has 0 unspecified atom stereocenters. The van der Waals surface area contributed by atoms with Crippen LogP contribution in [0.15, 0.2) is 48.8 Å². The number of benzene rings is 1. The van der Waals surface area contributed by atoms with E-state index in [1.54, 1.807) is 17.3 Å². The molecule has 1 saturated heterocycles. The molecule has 2 amide bonds. The molecule has 2 heterocycles. The first-order chi connectivity index (χ1) is 14.0. The maximum absolute atomic E-state index is 12.7. The first kappa shape index (κ1) is 20.8. The zero-order valence-electron chi connectivity index (χ0n) is 17.2. The fourth-order valence-electron chi connectivity index (χ4n) is 3.51. The molecule has 29 heavy (non-hydrogen) atoms. The van der Waals surface area contributed by atoms with E-state index in [1.807, 2.05) is 55.3 Å². The fraction of sp³-hybridized carbons (Fsp3) is 0.435. The number of rotatable bonds is 7. The second kappa shape index (κ2) is 10.0. The van der Waals surface area contributed by atoms with Gasteiger partial charge in [-0.15, -0.1) is 0 Å². The molecule has 2 aromatic rings. The van der Waals surface area contributed by atoms with Crippen LogP contribution in [0.2, 0.25) is 0 Å². The van der Waals surface area contributed by atoms with Gasteiger partial charge in [0, 0.05) is 45.0 Å². The van der Waals surface area contributed by atoms with Gasteiger partial charge in [-0.05, 0) is 56.0 Å². The molecule has 1 aliphatic heterocycles. The van der Waals surface area contributed by atoms with Crippen LogP contribution in [0.5, 0.6) is 5.75 Å². The SMILES string of the molecule is Cc1ccc(OCC(=O)N2CCC(C(=O)N(C)CCc3ccncc3)CC2)cc1. The average Bonchev–Trinajstić information content (AvgIpc) is 2.77. The van der Waals surface area contributed by atoms with Gasteiger partial charge in [0.2, 0.25) is 5.91 Å². The van der Waals surface area contributed by atoms with E-state index in [0.29, 0.717) is 38.2 Å². The third-order valence-corrected chi connectivity index (χ3v) is 5.44. The molecule has 0 bridgehead atoms. The Morgan fingerprint density at radius 3 is 2.41 bits per heavy atom. The third kappa shape index (κ3) is 6.04. The number of hydrogen-bond donors (Lipinski definition) is 0. The number of ether oxygens (including phenoxy) is 1. The topological polar surface area (TPSA) is 62.7 Å². The Morgan fingerprint density at radius 2 is 1.76 bits per heavy atom. The van der Waals surface area contributed by atoms with E-state index < -0.39 is 0 Å². The molecule has 1 aromatic heterocycles. The van der Waals surface area contributed by atoms with Crippen LogP contribution in [0.25, 0.3) is 0 Å². The lowest BCUT2D eigenvalue weighted by Gasteiger charge is -2.33. The highest BCUT2D eigenvalue weighted by atomic mass is 16.5. The van der Waals surface area contributed by atoms with E-state index in [-0.39, 0.29) is 24.3 Å². The normalized spacial score (nSPS) is 14.5. The van der Waals surface area contributed by atoms with Gasteiger partial charge in [0.15, 0.2) is 6.61 Å². The average molecular weight is 396 g/mol. The lowest BCUT2D eigenvalue weighted by atomic mass is 9.95. The summed E-state index contributed by atoms with van der Waals surface area (Å²) in [5.74, 6) is 0.828. The number of piperidine rings is 1. The Labute approximate surface area is 172 Å². The molecule has 0 atom stereocenters. The van der Waals surface area contributed by atoms with Crippen molar-refractivity contribution >= 4 is 11.8 Å². The zero-order chi connectivity index (χ0) is 20.6. The number of pyridine rings is 1. The molecule has 0 spiro atoms. The van der Waals surface area contributed by atoms with Crippen molar-refractivity contribution in [3.8, 4) is 5.75 Å². The summed E-state index contributed by atoms with van der Waals surface area (Å²) in [6.07, 6.45) is 5.76. The zero-order valence-corrected chi connectivity index (χ0v) is 17.2. The quantitative estimate of drug-likeness (QED) is 0.723. The third-order valence-electron chi connectivity index (χ3n) is 5.44. The highest BCUT2D eigenvalue weighted by molar-refractivity contribution is 5.80. The Balaban J connectivity index is 1.40. The van der Waals surface area contributed by atoms with Crippen LogP contribution in [0, 0.1) is 12.8 Å². The van der Waals surface area contributed by atoms with Crippen LogP contribution >= 0.6 is 0 Å². The summed E-state index contributed by atoms with van der Waals surface area (Å²) in [4.78, 5) is 32.8. The van der Waals surface area contributed by atoms with Gasteiger partial charge in [0.25, 0.3) is 5.91 Å². The summed E-state index contributed by atoms with van der Waals surface area (Å²) >= 11 is 0. The van der Waals surface area contributed by atoms with Gasteiger partial charge in [-0.25, -0.2) is 0 Å². The van der Waals surface area contributed by atoms with Crippen molar-refractivity contribution in [1.29, 1.82) is 0 Å².